The second kappa shape index (κ2) is 2.48. The Balaban J connectivity index is 2.06. The van der Waals surface area contributed by atoms with E-state index in [0.29, 0.717) is 5.41 Å². The second-order valence-corrected chi connectivity index (χ2v) is 4.42. The lowest BCUT2D eigenvalue weighted by molar-refractivity contribution is -0.0163. The van der Waals surface area contributed by atoms with Crippen molar-refractivity contribution in [3.8, 4) is 0 Å². The van der Waals surface area contributed by atoms with Crippen LogP contribution >= 0.6 is 0 Å². The van der Waals surface area contributed by atoms with Crippen LogP contribution in [0.2, 0.25) is 0 Å². The van der Waals surface area contributed by atoms with Crippen LogP contribution in [0.1, 0.15) is 39.0 Å². The Morgan fingerprint density at radius 1 is 1.45 bits per heavy atom. The molecule has 2 fully saturated rings. The van der Waals surface area contributed by atoms with Gasteiger partial charge >= 0.3 is 0 Å². The van der Waals surface area contributed by atoms with Crippen LogP contribution < -0.4 is 5.73 Å². The molecule has 0 unspecified atom stereocenters. The van der Waals surface area contributed by atoms with Crippen molar-refractivity contribution in [3.63, 3.8) is 0 Å². The fourth-order valence-electron chi connectivity index (χ4n) is 3.39. The predicted octanol–water partition coefficient (Wildman–Crippen LogP) is 2.16. The Kier molecular flexibility index (Phi) is 1.71. The maximum atomic E-state index is 5.84. The van der Waals surface area contributed by atoms with Crippen LogP contribution in [0.25, 0.3) is 0 Å². The first-order chi connectivity index (χ1) is 5.32. The molecule has 11 heavy (non-hydrogen) atoms. The van der Waals surface area contributed by atoms with E-state index in [2.05, 4.69) is 6.92 Å². The molecule has 0 heterocycles. The zero-order chi connectivity index (χ0) is 7.90. The molecule has 0 radical (unpaired) electrons. The van der Waals surface area contributed by atoms with Gasteiger partial charge in [0.05, 0.1) is 0 Å². The molecule has 0 aliphatic heterocycles. The summed E-state index contributed by atoms with van der Waals surface area (Å²) in [5.41, 5.74) is 6.42. The third-order valence-corrected chi connectivity index (χ3v) is 4.23. The lowest BCUT2D eigenvalue weighted by Gasteiger charge is -2.52. The van der Waals surface area contributed by atoms with Crippen molar-refractivity contribution in [2.75, 3.05) is 6.54 Å². The van der Waals surface area contributed by atoms with E-state index in [4.69, 9.17) is 5.73 Å². The molecule has 2 aliphatic carbocycles. The summed E-state index contributed by atoms with van der Waals surface area (Å²) in [5.74, 6) is 2.08. The Morgan fingerprint density at radius 3 is 2.82 bits per heavy atom. The first kappa shape index (κ1) is 7.60. The van der Waals surface area contributed by atoms with Gasteiger partial charge in [0.2, 0.25) is 0 Å². The van der Waals surface area contributed by atoms with E-state index in [9.17, 15) is 0 Å². The maximum Gasteiger partial charge on any atom is -0.00178 e. The highest BCUT2D eigenvalue weighted by Gasteiger charge is 2.52. The molecule has 2 saturated carbocycles. The van der Waals surface area contributed by atoms with Gasteiger partial charge in [-0.25, -0.2) is 0 Å². The predicted molar refractivity (Wildman–Crippen MR) is 47.2 cm³/mol. The van der Waals surface area contributed by atoms with E-state index in [-0.39, 0.29) is 0 Å². The van der Waals surface area contributed by atoms with E-state index in [0.717, 1.165) is 18.4 Å². The molecule has 2 aliphatic rings. The number of nitrogens with two attached hydrogens (primary N) is 1. The molecule has 0 spiro atoms. The Labute approximate surface area is 69.4 Å². The zero-order valence-corrected chi connectivity index (χ0v) is 7.47. The molecule has 0 aromatic rings. The molecule has 1 heteroatoms. The summed E-state index contributed by atoms with van der Waals surface area (Å²) in [4.78, 5) is 0. The summed E-state index contributed by atoms with van der Waals surface area (Å²) < 4.78 is 0. The number of hydrogen-bond acceptors (Lipinski definition) is 1. The number of rotatable bonds is 2. The molecular formula is C10H19N. The summed E-state index contributed by atoms with van der Waals surface area (Å²) in [6.45, 7) is 3.24. The van der Waals surface area contributed by atoms with Crippen molar-refractivity contribution in [2.24, 2.45) is 23.0 Å². The lowest BCUT2D eigenvalue weighted by atomic mass is 9.54. The third-order valence-electron chi connectivity index (χ3n) is 4.23. The van der Waals surface area contributed by atoms with Crippen molar-refractivity contribution in [1.29, 1.82) is 0 Å². The highest BCUT2D eigenvalue weighted by molar-refractivity contribution is 5.03. The normalized spacial score (nSPS) is 48.5. The average Bonchev–Trinajstić information content (AvgIpc) is 2.37. The smallest absolute Gasteiger partial charge is 0.00178 e. The molecule has 0 bridgehead atoms. The maximum absolute atomic E-state index is 5.84. The molecule has 2 N–H and O–H groups in total. The molecule has 0 aromatic heterocycles. The van der Waals surface area contributed by atoms with Crippen LogP contribution in [0, 0.1) is 17.3 Å². The van der Waals surface area contributed by atoms with Crippen LogP contribution in [0.4, 0.5) is 0 Å². The second-order valence-electron chi connectivity index (χ2n) is 4.42. The lowest BCUT2D eigenvalue weighted by Crippen LogP contribution is -2.49. The molecular weight excluding hydrogens is 134 g/mol. The highest BCUT2D eigenvalue weighted by Crippen LogP contribution is 2.60. The first-order valence-corrected chi connectivity index (χ1v) is 5.02. The van der Waals surface area contributed by atoms with Gasteiger partial charge in [-0.15, -0.1) is 0 Å². The van der Waals surface area contributed by atoms with Gasteiger partial charge in [0, 0.05) is 0 Å². The zero-order valence-electron chi connectivity index (χ0n) is 7.47. The van der Waals surface area contributed by atoms with Crippen LogP contribution in [-0.2, 0) is 0 Å². The summed E-state index contributed by atoms with van der Waals surface area (Å²) in [5, 5.41) is 0. The van der Waals surface area contributed by atoms with E-state index >= 15 is 0 Å². The molecule has 0 aromatic carbocycles. The van der Waals surface area contributed by atoms with Crippen LogP contribution in [0.5, 0.6) is 0 Å². The van der Waals surface area contributed by atoms with Gasteiger partial charge in [-0.1, -0.05) is 19.8 Å². The number of hydrogen-bond donors (Lipinski definition) is 1. The van der Waals surface area contributed by atoms with Crippen molar-refractivity contribution in [1.82, 2.24) is 0 Å². The quantitative estimate of drug-likeness (QED) is 0.646. The topological polar surface area (TPSA) is 26.0 Å². The molecule has 0 amide bonds. The van der Waals surface area contributed by atoms with Crippen molar-refractivity contribution in [2.45, 2.75) is 39.0 Å². The van der Waals surface area contributed by atoms with Gasteiger partial charge < -0.3 is 5.73 Å². The van der Waals surface area contributed by atoms with Crippen LogP contribution in [-0.4, -0.2) is 6.54 Å². The van der Waals surface area contributed by atoms with E-state index in [1.54, 1.807) is 0 Å². The largest absolute Gasteiger partial charge is 0.330 e. The fraction of sp³-hybridized carbons (Fsp3) is 1.00. The minimum absolute atomic E-state index is 0.584. The van der Waals surface area contributed by atoms with Gasteiger partial charge in [0.15, 0.2) is 0 Å². The molecule has 0 saturated heterocycles. The monoisotopic (exact) mass is 153 g/mol. The van der Waals surface area contributed by atoms with Gasteiger partial charge in [0.25, 0.3) is 0 Å². The van der Waals surface area contributed by atoms with Gasteiger partial charge in [-0.2, -0.15) is 0 Å². The van der Waals surface area contributed by atoms with E-state index < -0.39 is 0 Å². The summed E-state index contributed by atoms with van der Waals surface area (Å²) in [7, 11) is 0. The van der Waals surface area contributed by atoms with Gasteiger partial charge in [-0.3, -0.25) is 0 Å². The van der Waals surface area contributed by atoms with Gasteiger partial charge in [0.1, 0.15) is 0 Å². The van der Waals surface area contributed by atoms with E-state index in [1.165, 1.54) is 32.1 Å². The Morgan fingerprint density at radius 2 is 2.27 bits per heavy atom. The summed E-state index contributed by atoms with van der Waals surface area (Å²) >= 11 is 0. The number of fused-ring (bicyclic) bond motifs is 1. The average molecular weight is 153 g/mol. The molecule has 2 rings (SSSR count). The van der Waals surface area contributed by atoms with Crippen molar-refractivity contribution < 1.29 is 0 Å². The SMILES string of the molecule is CC[C@]1(CN)C[C@H]2CCC[C@H]21. The Hall–Kier alpha value is -0.0400. The van der Waals surface area contributed by atoms with Gasteiger partial charge in [-0.05, 0) is 43.1 Å². The highest BCUT2D eigenvalue weighted by atomic mass is 14.7. The summed E-state index contributed by atoms with van der Waals surface area (Å²) in [6, 6.07) is 0. The van der Waals surface area contributed by atoms with Crippen LogP contribution in [0.3, 0.4) is 0 Å². The third kappa shape index (κ3) is 0.868. The van der Waals surface area contributed by atoms with Crippen LogP contribution in [0.15, 0.2) is 0 Å². The minimum Gasteiger partial charge on any atom is -0.330 e. The molecule has 3 atom stereocenters. The standard InChI is InChI=1S/C10H19N/c1-2-10(7-11)6-8-4-3-5-9(8)10/h8-9H,2-7,11H2,1H3/t8-,9-,10-/m1/s1. The fourth-order valence-corrected chi connectivity index (χ4v) is 3.39. The van der Waals surface area contributed by atoms with Crippen molar-refractivity contribution in [3.05, 3.63) is 0 Å². The summed E-state index contributed by atoms with van der Waals surface area (Å²) in [6.07, 6.45) is 7.18. The first-order valence-electron chi connectivity index (χ1n) is 5.02. The minimum atomic E-state index is 0.584. The van der Waals surface area contributed by atoms with Crippen molar-refractivity contribution >= 4 is 0 Å². The molecule has 1 nitrogen and oxygen atoms in total. The molecule has 64 valence electrons. The van der Waals surface area contributed by atoms with E-state index in [1.807, 2.05) is 0 Å². The Bertz CT molecular complexity index is 149.